The largest absolute Gasteiger partial charge is 0.379 e. The standard InChI is InChI=1S/C16H24N4O4/c21-15(17-14-4-9-24-18-14)12-20(16(22)13-2-3-13)6-1-5-19-7-10-23-11-8-19/h4,9,13H,1-3,5-8,10-12H2,(H,17,18,21). The number of rotatable bonds is 8. The van der Waals surface area contributed by atoms with Crippen molar-refractivity contribution in [3.63, 3.8) is 0 Å². The zero-order valence-electron chi connectivity index (χ0n) is 13.8. The molecule has 2 fully saturated rings. The van der Waals surface area contributed by atoms with Gasteiger partial charge in [0.1, 0.15) is 6.26 Å². The van der Waals surface area contributed by atoms with Crippen molar-refractivity contribution in [2.75, 3.05) is 51.3 Å². The molecular weight excluding hydrogens is 312 g/mol. The van der Waals surface area contributed by atoms with Crippen molar-refractivity contribution >= 4 is 17.6 Å². The maximum absolute atomic E-state index is 12.4. The second-order valence-electron chi connectivity index (χ2n) is 6.27. The molecule has 1 N–H and O–H groups in total. The van der Waals surface area contributed by atoms with E-state index in [0.29, 0.717) is 12.4 Å². The molecule has 132 valence electrons. The van der Waals surface area contributed by atoms with Gasteiger partial charge in [0.05, 0.1) is 19.8 Å². The van der Waals surface area contributed by atoms with Crippen molar-refractivity contribution in [3.8, 4) is 0 Å². The molecule has 1 aromatic heterocycles. The molecule has 0 bridgehead atoms. The molecule has 0 atom stereocenters. The van der Waals surface area contributed by atoms with Crippen LogP contribution < -0.4 is 5.32 Å². The van der Waals surface area contributed by atoms with Gasteiger partial charge in [-0.25, -0.2) is 0 Å². The Morgan fingerprint density at radius 3 is 2.79 bits per heavy atom. The molecule has 8 nitrogen and oxygen atoms in total. The smallest absolute Gasteiger partial charge is 0.245 e. The van der Waals surface area contributed by atoms with Crippen LogP contribution in [0.5, 0.6) is 0 Å². The van der Waals surface area contributed by atoms with Gasteiger partial charge in [-0.05, 0) is 19.3 Å². The Morgan fingerprint density at radius 2 is 2.12 bits per heavy atom. The normalized spacial score (nSPS) is 18.3. The van der Waals surface area contributed by atoms with Crippen molar-refractivity contribution in [3.05, 3.63) is 12.3 Å². The monoisotopic (exact) mass is 336 g/mol. The fraction of sp³-hybridized carbons (Fsp3) is 0.688. The molecule has 24 heavy (non-hydrogen) atoms. The first kappa shape index (κ1) is 16.9. The molecule has 1 aliphatic heterocycles. The molecule has 1 aromatic rings. The van der Waals surface area contributed by atoms with E-state index in [-0.39, 0.29) is 24.3 Å². The average molecular weight is 336 g/mol. The number of nitrogens with zero attached hydrogens (tertiary/aromatic N) is 3. The van der Waals surface area contributed by atoms with E-state index in [1.54, 1.807) is 11.0 Å². The topological polar surface area (TPSA) is 87.9 Å². The van der Waals surface area contributed by atoms with E-state index in [0.717, 1.165) is 52.1 Å². The highest BCUT2D eigenvalue weighted by Gasteiger charge is 2.34. The number of aromatic nitrogens is 1. The molecule has 1 saturated heterocycles. The van der Waals surface area contributed by atoms with E-state index in [4.69, 9.17) is 4.74 Å². The van der Waals surface area contributed by atoms with Crippen molar-refractivity contribution in [2.24, 2.45) is 5.92 Å². The van der Waals surface area contributed by atoms with Crippen molar-refractivity contribution in [1.82, 2.24) is 15.0 Å². The summed E-state index contributed by atoms with van der Waals surface area (Å²) in [5.74, 6) is 0.317. The number of ether oxygens (including phenoxy) is 1. The van der Waals surface area contributed by atoms with E-state index in [2.05, 4.69) is 19.9 Å². The summed E-state index contributed by atoms with van der Waals surface area (Å²) in [7, 11) is 0. The van der Waals surface area contributed by atoms with Crippen LogP contribution in [0, 0.1) is 5.92 Å². The molecule has 3 rings (SSSR count). The number of nitrogens with one attached hydrogen (secondary N) is 1. The Kier molecular flexibility index (Phi) is 5.81. The summed E-state index contributed by atoms with van der Waals surface area (Å²) in [5, 5.41) is 6.29. The molecule has 1 saturated carbocycles. The van der Waals surface area contributed by atoms with Crippen molar-refractivity contribution < 1.29 is 18.8 Å². The number of amides is 2. The lowest BCUT2D eigenvalue weighted by molar-refractivity contribution is -0.136. The second-order valence-corrected chi connectivity index (χ2v) is 6.27. The second kappa shape index (κ2) is 8.25. The van der Waals surface area contributed by atoms with Gasteiger partial charge in [-0.2, -0.15) is 0 Å². The summed E-state index contributed by atoms with van der Waals surface area (Å²) in [6.45, 7) is 4.98. The number of carbonyl (C=O) groups excluding carboxylic acids is 2. The number of anilines is 1. The fourth-order valence-corrected chi connectivity index (χ4v) is 2.80. The number of hydrogen-bond acceptors (Lipinski definition) is 6. The molecule has 0 aromatic carbocycles. The Bertz CT molecular complexity index is 538. The number of carbonyl (C=O) groups is 2. The predicted octanol–water partition coefficient (Wildman–Crippen LogP) is 0.574. The van der Waals surface area contributed by atoms with Gasteiger partial charge in [-0.3, -0.25) is 14.5 Å². The zero-order chi connectivity index (χ0) is 16.8. The van der Waals surface area contributed by atoms with E-state index >= 15 is 0 Å². The molecule has 2 aliphatic rings. The zero-order valence-corrected chi connectivity index (χ0v) is 13.8. The van der Waals surface area contributed by atoms with Gasteiger partial charge in [-0.15, -0.1) is 0 Å². The van der Waals surface area contributed by atoms with Crippen molar-refractivity contribution in [1.29, 1.82) is 0 Å². The third-order valence-corrected chi connectivity index (χ3v) is 4.28. The molecular formula is C16H24N4O4. The van der Waals surface area contributed by atoms with E-state index in [1.165, 1.54) is 6.26 Å². The van der Waals surface area contributed by atoms with Crippen LogP contribution in [0.3, 0.4) is 0 Å². The average Bonchev–Trinajstić information content (AvgIpc) is 3.32. The molecule has 0 spiro atoms. The summed E-state index contributed by atoms with van der Waals surface area (Å²) in [4.78, 5) is 28.5. The number of morpholine rings is 1. The highest BCUT2D eigenvalue weighted by atomic mass is 16.5. The first-order valence-electron chi connectivity index (χ1n) is 8.51. The van der Waals surface area contributed by atoms with Gasteiger partial charge in [0, 0.05) is 38.2 Å². The molecule has 0 radical (unpaired) electrons. The minimum atomic E-state index is -0.246. The van der Waals surface area contributed by atoms with Crippen molar-refractivity contribution in [2.45, 2.75) is 19.3 Å². The fourth-order valence-electron chi connectivity index (χ4n) is 2.80. The molecule has 8 heteroatoms. The van der Waals surface area contributed by atoms with Crippen LogP contribution in [-0.4, -0.2) is 72.7 Å². The Balaban J connectivity index is 1.46. The predicted molar refractivity (Wildman–Crippen MR) is 86.3 cm³/mol. The lowest BCUT2D eigenvalue weighted by atomic mass is 10.2. The third-order valence-electron chi connectivity index (χ3n) is 4.28. The van der Waals surface area contributed by atoms with Gasteiger partial charge in [0.2, 0.25) is 11.8 Å². The highest BCUT2D eigenvalue weighted by Crippen LogP contribution is 2.31. The molecule has 1 aliphatic carbocycles. The molecule has 2 heterocycles. The van der Waals surface area contributed by atoms with Gasteiger partial charge in [-0.1, -0.05) is 5.16 Å². The quantitative estimate of drug-likeness (QED) is 0.747. The number of hydrogen-bond donors (Lipinski definition) is 1. The Labute approximate surface area is 141 Å². The highest BCUT2D eigenvalue weighted by molar-refractivity contribution is 5.94. The van der Waals surface area contributed by atoms with Gasteiger partial charge in [0.25, 0.3) is 0 Å². The van der Waals surface area contributed by atoms with Crippen LogP contribution in [0.2, 0.25) is 0 Å². The van der Waals surface area contributed by atoms with E-state index in [9.17, 15) is 9.59 Å². The van der Waals surface area contributed by atoms with Gasteiger partial charge in [0.15, 0.2) is 5.82 Å². The first-order chi connectivity index (χ1) is 11.7. The van der Waals surface area contributed by atoms with Gasteiger partial charge < -0.3 is 19.5 Å². The van der Waals surface area contributed by atoms with Gasteiger partial charge >= 0.3 is 0 Å². The maximum Gasteiger partial charge on any atom is 0.245 e. The summed E-state index contributed by atoms with van der Waals surface area (Å²) in [6, 6.07) is 1.57. The summed E-state index contributed by atoms with van der Waals surface area (Å²) >= 11 is 0. The van der Waals surface area contributed by atoms with Crippen LogP contribution in [0.4, 0.5) is 5.82 Å². The molecule has 0 unspecified atom stereocenters. The lowest BCUT2D eigenvalue weighted by Gasteiger charge is -2.28. The summed E-state index contributed by atoms with van der Waals surface area (Å²) in [6.07, 6.45) is 4.12. The Morgan fingerprint density at radius 1 is 1.33 bits per heavy atom. The summed E-state index contributed by atoms with van der Waals surface area (Å²) in [5.41, 5.74) is 0. The van der Waals surface area contributed by atoms with Crippen LogP contribution in [-0.2, 0) is 14.3 Å². The Hall–Kier alpha value is -1.93. The van der Waals surface area contributed by atoms with Crippen LogP contribution in [0.1, 0.15) is 19.3 Å². The molecule has 2 amide bonds. The maximum atomic E-state index is 12.4. The minimum Gasteiger partial charge on any atom is -0.379 e. The third kappa shape index (κ3) is 5.04. The SMILES string of the molecule is O=C(CN(CCCN1CCOCC1)C(=O)C1CC1)Nc1ccon1. The first-order valence-corrected chi connectivity index (χ1v) is 8.51. The van der Waals surface area contributed by atoms with E-state index in [1.807, 2.05) is 0 Å². The van der Waals surface area contributed by atoms with Crippen LogP contribution in [0.25, 0.3) is 0 Å². The van der Waals surface area contributed by atoms with E-state index < -0.39 is 0 Å². The summed E-state index contributed by atoms with van der Waals surface area (Å²) < 4.78 is 10.0. The van der Waals surface area contributed by atoms with Crippen LogP contribution in [0.15, 0.2) is 16.9 Å². The minimum absolute atomic E-state index is 0.0608. The van der Waals surface area contributed by atoms with Crippen LogP contribution >= 0.6 is 0 Å². The lowest BCUT2D eigenvalue weighted by Crippen LogP contribution is -2.42.